The fourth-order valence-electron chi connectivity index (χ4n) is 5.26. The molecule has 0 spiro atoms. The van der Waals surface area contributed by atoms with Gasteiger partial charge in [0.1, 0.15) is 0 Å². The normalized spacial score (nSPS) is 30.3. The summed E-state index contributed by atoms with van der Waals surface area (Å²) in [7, 11) is 1.96. The zero-order valence-corrected chi connectivity index (χ0v) is 17.1. The minimum Gasteiger partial charge on any atom is -0.342 e. The van der Waals surface area contributed by atoms with E-state index in [-0.39, 0.29) is 30.0 Å². The first kappa shape index (κ1) is 18.4. The molecular weight excluding hydrogens is 364 g/mol. The molecule has 3 aliphatic rings. The van der Waals surface area contributed by atoms with Gasteiger partial charge in [0.15, 0.2) is 0 Å². The number of carbonyl (C=O) groups is 2. The van der Waals surface area contributed by atoms with Crippen molar-refractivity contribution in [3.05, 3.63) is 48.5 Å². The molecule has 2 aliphatic heterocycles. The first-order valence-corrected chi connectivity index (χ1v) is 10.7. The molecule has 4 atom stereocenters. The summed E-state index contributed by atoms with van der Waals surface area (Å²) in [4.78, 5) is 34.2. The largest absolute Gasteiger partial charge is 0.342 e. The van der Waals surface area contributed by atoms with Gasteiger partial charge >= 0.3 is 0 Å². The number of rotatable bonds is 4. The maximum atomic E-state index is 13.4. The van der Waals surface area contributed by atoms with Crippen molar-refractivity contribution < 1.29 is 9.59 Å². The van der Waals surface area contributed by atoms with Gasteiger partial charge in [-0.1, -0.05) is 13.0 Å². The minimum atomic E-state index is 0.114. The lowest BCUT2D eigenvalue weighted by molar-refractivity contribution is -0.134. The van der Waals surface area contributed by atoms with Gasteiger partial charge in [-0.3, -0.25) is 9.59 Å². The molecule has 1 aliphatic carbocycles. The molecule has 2 saturated heterocycles. The lowest BCUT2D eigenvalue weighted by atomic mass is 9.94. The van der Waals surface area contributed by atoms with E-state index in [2.05, 4.69) is 16.8 Å². The Morgan fingerprint density at radius 3 is 2.48 bits per heavy atom. The van der Waals surface area contributed by atoms with E-state index >= 15 is 0 Å². The Labute approximate surface area is 171 Å². The van der Waals surface area contributed by atoms with Crippen molar-refractivity contribution in [2.75, 3.05) is 7.05 Å². The van der Waals surface area contributed by atoms with Gasteiger partial charge < -0.3 is 14.4 Å². The number of nitrogens with zero attached hydrogens (tertiary/aromatic N) is 4. The summed E-state index contributed by atoms with van der Waals surface area (Å²) in [5.41, 5.74) is 1.67. The lowest BCUT2D eigenvalue weighted by Crippen LogP contribution is -2.53. The van der Waals surface area contributed by atoms with Gasteiger partial charge in [-0.05, 0) is 56.2 Å². The summed E-state index contributed by atoms with van der Waals surface area (Å²) in [5, 5.41) is 0. The summed E-state index contributed by atoms with van der Waals surface area (Å²) in [6.45, 7) is 2.15. The number of fused-ring (bicyclic) bond motifs is 2. The number of benzene rings is 1. The highest BCUT2D eigenvalue weighted by Crippen LogP contribution is 2.42. The van der Waals surface area contributed by atoms with Gasteiger partial charge in [-0.2, -0.15) is 0 Å². The van der Waals surface area contributed by atoms with Crippen molar-refractivity contribution in [2.45, 2.75) is 57.2 Å². The molecule has 1 aromatic carbocycles. The van der Waals surface area contributed by atoms with Gasteiger partial charge in [0.25, 0.3) is 5.91 Å². The summed E-state index contributed by atoms with van der Waals surface area (Å²) in [5.74, 6) is 1.17. The molecule has 2 aromatic rings. The Morgan fingerprint density at radius 2 is 1.86 bits per heavy atom. The molecule has 3 heterocycles. The SMILES string of the molecule is C[C@@H]1C[C@H]1C(=O)N(C)C1CC2CCC(C1)N2C(=O)c1cccc(-n2ccnc2)c1. The third-order valence-corrected chi connectivity index (χ3v) is 7.16. The Balaban J connectivity index is 1.31. The number of piperidine rings is 1. The Kier molecular flexibility index (Phi) is 4.45. The summed E-state index contributed by atoms with van der Waals surface area (Å²) >= 11 is 0. The van der Waals surface area contributed by atoms with Crippen LogP contribution in [0.3, 0.4) is 0 Å². The molecule has 1 saturated carbocycles. The van der Waals surface area contributed by atoms with E-state index in [9.17, 15) is 9.59 Å². The van der Waals surface area contributed by atoms with E-state index in [0.717, 1.165) is 43.4 Å². The standard InChI is InChI=1S/C23H28N4O2/c1-15-10-21(15)23(29)25(2)20-12-18-6-7-19(13-20)27(18)22(28)16-4-3-5-17(11-16)26-9-8-24-14-26/h3-5,8-9,11,14-15,18-21H,6-7,10,12-13H2,1-2H3/t15-,18?,19?,20?,21-/m1/s1. The molecule has 3 fully saturated rings. The van der Waals surface area contributed by atoms with Crippen LogP contribution in [0.5, 0.6) is 0 Å². The fourth-order valence-corrected chi connectivity index (χ4v) is 5.26. The molecule has 1 aromatic heterocycles. The molecule has 5 rings (SSSR count). The average molecular weight is 393 g/mol. The van der Waals surface area contributed by atoms with Crippen molar-refractivity contribution in [1.29, 1.82) is 0 Å². The van der Waals surface area contributed by atoms with Crippen LogP contribution in [0.4, 0.5) is 0 Å². The Bertz CT molecular complexity index is 911. The van der Waals surface area contributed by atoms with Crippen molar-refractivity contribution in [2.24, 2.45) is 11.8 Å². The van der Waals surface area contributed by atoms with Gasteiger partial charge in [0.2, 0.25) is 5.91 Å². The highest BCUT2D eigenvalue weighted by atomic mass is 16.2. The molecule has 6 nitrogen and oxygen atoms in total. The molecule has 0 N–H and O–H groups in total. The number of aromatic nitrogens is 2. The Morgan fingerprint density at radius 1 is 1.14 bits per heavy atom. The molecule has 2 amide bonds. The van der Waals surface area contributed by atoms with Crippen molar-refractivity contribution in [3.8, 4) is 5.69 Å². The molecule has 2 unspecified atom stereocenters. The summed E-state index contributed by atoms with van der Waals surface area (Å²) in [6, 6.07) is 8.48. The van der Waals surface area contributed by atoms with Crippen LogP contribution >= 0.6 is 0 Å². The quantitative estimate of drug-likeness (QED) is 0.803. The zero-order valence-electron chi connectivity index (χ0n) is 17.1. The Hall–Kier alpha value is -2.63. The first-order chi connectivity index (χ1) is 14.0. The average Bonchev–Trinajstić information content (AvgIpc) is 3.13. The molecular formula is C23H28N4O2. The van der Waals surface area contributed by atoms with Gasteiger partial charge in [0.05, 0.1) is 6.33 Å². The van der Waals surface area contributed by atoms with Crippen LogP contribution in [-0.2, 0) is 4.79 Å². The van der Waals surface area contributed by atoms with E-state index in [1.165, 1.54) is 0 Å². The van der Waals surface area contributed by atoms with Crippen LogP contribution in [0.15, 0.2) is 43.0 Å². The predicted octanol–water partition coefficient (Wildman–Crippen LogP) is 3.12. The second-order valence-corrected chi connectivity index (χ2v) is 9.01. The van der Waals surface area contributed by atoms with E-state index in [1.807, 2.05) is 47.0 Å². The maximum absolute atomic E-state index is 13.4. The third-order valence-electron chi connectivity index (χ3n) is 7.16. The number of amides is 2. The van der Waals surface area contributed by atoms with E-state index < -0.39 is 0 Å². The number of imidazole rings is 1. The van der Waals surface area contributed by atoms with Crippen molar-refractivity contribution in [1.82, 2.24) is 19.4 Å². The van der Waals surface area contributed by atoms with Crippen molar-refractivity contribution >= 4 is 11.8 Å². The zero-order chi connectivity index (χ0) is 20.1. The number of hydrogen-bond donors (Lipinski definition) is 0. The predicted molar refractivity (Wildman–Crippen MR) is 110 cm³/mol. The number of hydrogen-bond acceptors (Lipinski definition) is 3. The lowest BCUT2D eigenvalue weighted by Gasteiger charge is -2.42. The van der Waals surface area contributed by atoms with Crippen LogP contribution in [0, 0.1) is 11.8 Å². The van der Waals surface area contributed by atoms with E-state index in [4.69, 9.17) is 0 Å². The van der Waals surface area contributed by atoms with Crippen molar-refractivity contribution in [3.63, 3.8) is 0 Å². The minimum absolute atomic E-state index is 0.114. The van der Waals surface area contributed by atoms with E-state index in [1.54, 1.807) is 12.5 Å². The van der Waals surface area contributed by atoms with E-state index in [0.29, 0.717) is 11.8 Å². The topological polar surface area (TPSA) is 58.4 Å². The van der Waals surface area contributed by atoms with Gasteiger partial charge in [-0.15, -0.1) is 0 Å². The second-order valence-electron chi connectivity index (χ2n) is 9.01. The van der Waals surface area contributed by atoms with Crippen LogP contribution in [0.1, 0.15) is 49.4 Å². The van der Waals surface area contributed by atoms with Gasteiger partial charge in [0, 0.05) is 54.7 Å². The van der Waals surface area contributed by atoms with Crippen LogP contribution in [0.2, 0.25) is 0 Å². The maximum Gasteiger partial charge on any atom is 0.254 e. The first-order valence-electron chi connectivity index (χ1n) is 10.7. The number of carbonyl (C=O) groups excluding carboxylic acids is 2. The highest BCUT2D eigenvalue weighted by molar-refractivity contribution is 5.95. The molecule has 2 bridgehead atoms. The van der Waals surface area contributed by atoms with Crippen LogP contribution in [0.25, 0.3) is 5.69 Å². The van der Waals surface area contributed by atoms with Gasteiger partial charge in [-0.25, -0.2) is 4.98 Å². The summed E-state index contributed by atoms with van der Waals surface area (Å²) in [6.07, 6.45) is 10.3. The molecule has 6 heteroatoms. The highest BCUT2D eigenvalue weighted by Gasteiger charge is 2.47. The fraction of sp³-hybridized carbons (Fsp3) is 0.522. The molecule has 0 radical (unpaired) electrons. The molecule has 152 valence electrons. The summed E-state index contributed by atoms with van der Waals surface area (Å²) < 4.78 is 1.91. The third kappa shape index (κ3) is 3.24. The second kappa shape index (κ2) is 7.01. The smallest absolute Gasteiger partial charge is 0.254 e. The van der Waals surface area contributed by atoms with Crippen LogP contribution < -0.4 is 0 Å². The monoisotopic (exact) mass is 392 g/mol. The molecule has 29 heavy (non-hydrogen) atoms. The van der Waals surface area contributed by atoms with Crippen LogP contribution in [-0.4, -0.2) is 56.3 Å².